The molecule has 1 unspecified atom stereocenters. The summed E-state index contributed by atoms with van der Waals surface area (Å²) in [6.07, 6.45) is 0. The molecule has 2 aromatic rings. The zero-order chi connectivity index (χ0) is 13.9. The first-order valence-electron chi connectivity index (χ1n) is 6.79. The minimum absolute atomic E-state index is 0.0464. The summed E-state index contributed by atoms with van der Waals surface area (Å²) in [6.45, 7) is 5.83. The number of rotatable bonds is 3. The van der Waals surface area contributed by atoms with Crippen molar-refractivity contribution in [3.05, 3.63) is 36.0 Å². The van der Waals surface area contributed by atoms with Crippen LogP contribution in [0.1, 0.15) is 18.9 Å². The second kappa shape index (κ2) is 5.68. The van der Waals surface area contributed by atoms with Gasteiger partial charge < -0.3 is 9.84 Å². The molecular formula is C14H17FN4O. The second-order valence-electron chi connectivity index (χ2n) is 4.90. The highest BCUT2D eigenvalue weighted by Gasteiger charge is 2.23. The van der Waals surface area contributed by atoms with E-state index in [9.17, 15) is 4.39 Å². The van der Waals surface area contributed by atoms with Crippen LogP contribution < -0.4 is 5.32 Å². The zero-order valence-corrected chi connectivity index (χ0v) is 11.3. The fourth-order valence-corrected chi connectivity index (χ4v) is 2.38. The van der Waals surface area contributed by atoms with Crippen LogP contribution in [-0.2, 0) is 0 Å². The minimum atomic E-state index is -0.338. The van der Waals surface area contributed by atoms with Crippen LogP contribution in [0.5, 0.6) is 0 Å². The van der Waals surface area contributed by atoms with E-state index in [1.165, 1.54) is 6.07 Å². The van der Waals surface area contributed by atoms with E-state index in [2.05, 4.69) is 20.4 Å². The molecule has 1 saturated heterocycles. The molecule has 1 N–H and O–H groups in total. The largest absolute Gasteiger partial charge is 0.337 e. The normalized spacial score (nSPS) is 18.1. The lowest BCUT2D eigenvalue weighted by Gasteiger charge is -2.30. The molecule has 0 amide bonds. The quantitative estimate of drug-likeness (QED) is 0.927. The van der Waals surface area contributed by atoms with Gasteiger partial charge in [-0.25, -0.2) is 4.39 Å². The molecule has 6 heteroatoms. The van der Waals surface area contributed by atoms with Crippen molar-refractivity contribution in [2.75, 3.05) is 26.2 Å². The number of hydrogen-bond acceptors (Lipinski definition) is 5. The first-order chi connectivity index (χ1) is 9.75. The van der Waals surface area contributed by atoms with Gasteiger partial charge >= 0.3 is 0 Å². The van der Waals surface area contributed by atoms with Crippen LogP contribution in [0.2, 0.25) is 0 Å². The Labute approximate surface area is 116 Å². The third-order valence-electron chi connectivity index (χ3n) is 3.61. The summed E-state index contributed by atoms with van der Waals surface area (Å²) in [6, 6.07) is 6.49. The van der Waals surface area contributed by atoms with Crippen molar-refractivity contribution in [2.24, 2.45) is 0 Å². The van der Waals surface area contributed by atoms with Crippen LogP contribution in [0.15, 0.2) is 28.8 Å². The fourth-order valence-electron chi connectivity index (χ4n) is 2.38. The summed E-state index contributed by atoms with van der Waals surface area (Å²) in [7, 11) is 0. The van der Waals surface area contributed by atoms with Gasteiger partial charge in [0.1, 0.15) is 5.82 Å². The van der Waals surface area contributed by atoms with E-state index in [0.29, 0.717) is 17.3 Å². The topological polar surface area (TPSA) is 54.2 Å². The Bertz CT molecular complexity index is 580. The predicted molar refractivity (Wildman–Crippen MR) is 72.5 cm³/mol. The molecule has 20 heavy (non-hydrogen) atoms. The summed E-state index contributed by atoms with van der Waals surface area (Å²) < 4.78 is 19.0. The molecule has 1 aromatic carbocycles. The molecule has 2 heterocycles. The molecule has 106 valence electrons. The lowest BCUT2D eigenvalue weighted by atomic mass is 10.2. The van der Waals surface area contributed by atoms with Gasteiger partial charge in [0.15, 0.2) is 0 Å². The van der Waals surface area contributed by atoms with Gasteiger partial charge in [0, 0.05) is 26.2 Å². The average Bonchev–Trinajstić information content (AvgIpc) is 2.97. The van der Waals surface area contributed by atoms with Gasteiger partial charge in [-0.1, -0.05) is 17.3 Å². The van der Waals surface area contributed by atoms with Gasteiger partial charge in [0.2, 0.25) is 11.7 Å². The van der Waals surface area contributed by atoms with Crippen molar-refractivity contribution in [1.82, 2.24) is 20.4 Å². The van der Waals surface area contributed by atoms with Crippen molar-refractivity contribution in [3.63, 3.8) is 0 Å². The number of aromatic nitrogens is 2. The van der Waals surface area contributed by atoms with Crippen LogP contribution in [0, 0.1) is 5.82 Å². The summed E-state index contributed by atoms with van der Waals surface area (Å²) in [5, 5.41) is 7.20. The summed E-state index contributed by atoms with van der Waals surface area (Å²) in [4.78, 5) is 6.61. The van der Waals surface area contributed by atoms with Crippen LogP contribution in [0.4, 0.5) is 4.39 Å². The van der Waals surface area contributed by atoms with Crippen LogP contribution >= 0.6 is 0 Å². The van der Waals surface area contributed by atoms with Crippen molar-refractivity contribution < 1.29 is 8.91 Å². The lowest BCUT2D eigenvalue weighted by Crippen LogP contribution is -2.44. The van der Waals surface area contributed by atoms with E-state index in [1.807, 2.05) is 6.92 Å². The number of piperazine rings is 1. The van der Waals surface area contributed by atoms with E-state index < -0.39 is 0 Å². The molecule has 0 radical (unpaired) electrons. The Morgan fingerprint density at radius 1 is 1.30 bits per heavy atom. The van der Waals surface area contributed by atoms with Gasteiger partial charge in [-0.15, -0.1) is 0 Å². The molecule has 1 atom stereocenters. The molecule has 1 aliphatic rings. The van der Waals surface area contributed by atoms with Gasteiger partial charge in [-0.05, 0) is 19.1 Å². The Morgan fingerprint density at radius 2 is 2.05 bits per heavy atom. The molecule has 0 bridgehead atoms. The van der Waals surface area contributed by atoms with E-state index in [0.717, 1.165) is 26.2 Å². The Kier molecular flexibility index (Phi) is 3.75. The number of halogens is 1. The maximum absolute atomic E-state index is 13.7. The molecule has 0 spiro atoms. The Morgan fingerprint density at radius 3 is 2.80 bits per heavy atom. The standard InChI is InChI=1S/C14H17FN4O/c1-10(19-8-6-16-7-9-19)14-17-13(18-20-14)11-4-2-3-5-12(11)15/h2-5,10,16H,6-9H2,1H3. The molecule has 3 rings (SSSR count). The Balaban J connectivity index is 1.81. The first-order valence-corrected chi connectivity index (χ1v) is 6.79. The second-order valence-corrected chi connectivity index (χ2v) is 4.90. The highest BCUT2D eigenvalue weighted by Crippen LogP contribution is 2.24. The molecule has 5 nitrogen and oxygen atoms in total. The molecule has 0 saturated carbocycles. The number of benzene rings is 1. The molecule has 1 aromatic heterocycles. The van der Waals surface area contributed by atoms with Crippen molar-refractivity contribution >= 4 is 0 Å². The minimum Gasteiger partial charge on any atom is -0.337 e. The van der Waals surface area contributed by atoms with Gasteiger partial charge in [-0.3, -0.25) is 4.90 Å². The summed E-state index contributed by atoms with van der Waals surface area (Å²) in [5.41, 5.74) is 0.370. The molecule has 0 aliphatic carbocycles. The van der Waals surface area contributed by atoms with Crippen molar-refractivity contribution in [3.8, 4) is 11.4 Å². The average molecular weight is 276 g/mol. The van der Waals surface area contributed by atoms with Crippen LogP contribution in [0.25, 0.3) is 11.4 Å². The maximum atomic E-state index is 13.7. The number of hydrogen-bond donors (Lipinski definition) is 1. The molecule has 1 aliphatic heterocycles. The first kappa shape index (κ1) is 13.2. The highest BCUT2D eigenvalue weighted by atomic mass is 19.1. The third-order valence-corrected chi connectivity index (χ3v) is 3.61. The summed E-state index contributed by atoms with van der Waals surface area (Å²) >= 11 is 0. The van der Waals surface area contributed by atoms with E-state index in [4.69, 9.17) is 4.52 Å². The van der Waals surface area contributed by atoms with Gasteiger partial charge in [0.25, 0.3) is 0 Å². The summed E-state index contributed by atoms with van der Waals surface area (Å²) in [5.74, 6) is 0.500. The van der Waals surface area contributed by atoms with Crippen molar-refractivity contribution in [2.45, 2.75) is 13.0 Å². The third kappa shape index (κ3) is 2.57. The monoisotopic (exact) mass is 276 g/mol. The Hall–Kier alpha value is -1.79. The van der Waals surface area contributed by atoms with Crippen molar-refractivity contribution in [1.29, 1.82) is 0 Å². The molecule has 1 fully saturated rings. The van der Waals surface area contributed by atoms with Gasteiger partial charge in [-0.2, -0.15) is 4.98 Å². The molecular weight excluding hydrogens is 259 g/mol. The van der Waals surface area contributed by atoms with E-state index in [-0.39, 0.29) is 11.9 Å². The van der Waals surface area contributed by atoms with E-state index in [1.54, 1.807) is 18.2 Å². The van der Waals surface area contributed by atoms with Crippen LogP contribution in [0.3, 0.4) is 0 Å². The van der Waals surface area contributed by atoms with Crippen LogP contribution in [-0.4, -0.2) is 41.2 Å². The zero-order valence-electron chi connectivity index (χ0n) is 11.3. The van der Waals surface area contributed by atoms with Gasteiger partial charge in [0.05, 0.1) is 11.6 Å². The fraction of sp³-hybridized carbons (Fsp3) is 0.429. The van der Waals surface area contributed by atoms with E-state index >= 15 is 0 Å². The lowest BCUT2D eigenvalue weighted by molar-refractivity contribution is 0.154. The number of nitrogens with zero attached hydrogens (tertiary/aromatic N) is 3. The SMILES string of the molecule is CC(c1nc(-c2ccccc2F)no1)N1CCNCC1. The number of nitrogens with one attached hydrogen (secondary N) is 1. The maximum Gasteiger partial charge on any atom is 0.244 e. The highest BCUT2D eigenvalue weighted by molar-refractivity contribution is 5.54. The predicted octanol–water partition coefficient (Wildman–Crippen LogP) is 1.84. The smallest absolute Gasteiger partial charge is 0.244 e.